The zero-order valence-corrected chi connectivity index (χ0v) is 30.0. The van der Waals surface area contributed by atoms with Crippen molar-refractivity contribution < 1.29 is 0 Å². The van der Waals surface area contributed by atoms with Crippen molar-refractivity contribution in [3.8, 4) is 0 Å². The minimum atomic E-state index is 0.193. The minimum absolute atomic E-state index is 0.193. The van der Waals surface area contributed by atoms with Crippen LogP contribution in [0.15, 0.2) is 78.9 Å². The van der Waals surface area contributed by atoms with Crippen LogP contribution in [0.2, 0.25) is 0 Å². The van der Waals surface area contributed by atoms with Gasteiger partial charge in [-0.25, -0.2) is 0 Å². The van der Waals surface area contributed by atoms with Gasteiger partial charge in [0, 0.05) is 71.4 Å². The van der Waals surface area contributed by atoms with Gasteiger partial charge in [0.1, 0.15) is 0 Å². The maximum Gasteiger partial charge on any atom is 0.0340 e. The SMILES string of the molecule is c1ccc(C(c2cccc(CN3CCCNCCNCCCNCC3)c2)c2cccc(CN3CCCNCCNCCCNCC3)c2)cc1. The van der Waals surface area contributed by atoms with E-state index in [-0.39, 0.29) is 5.92 Å². The van der Waals surface area contributed by atoms with Crippen LogP contribution in [0.25, 0.3) is 0 Å². The number of benzene rings is 3. The Balaban J connectivity index is 1.30. The molecule has 0 bridgehead atoms. The van der Waals surface area contributed by atoms with Gasteiger partial charge in [0.25, 0.3) is 0 Å². The van der Waals surface area contributed by atoms with Crippen LogP contribution >= 0.6 is 0 Å². The van der Waals surface area contributed by atoms with Gasteiger partial charge < -0.3 is 31.9 Å². The summed E-state index contributed by atoms with van der Waals surface area (Å²) in [6, 6.07) is 29.9. The second kappa shape index (κ2) is 22.9. The van der Waals surface area contributed by atoms with E-state index in [1.807, 2.05) is 0 Å². The van der Waals surface area contributed by atoms with Crippen molar-refractivity contribution in [2.75, 3.05) is 105 Å². The third-order valence-electron chi connectivity index (χ3n) is 9.75. The average molecular weight is 669 g/mol. The van der Waals surface area contributed by atoms with Crippen molar-refractivity contribution in [2.45, 2.75) is 44.7 Å². The number of nitrogens with one attached hydrogen (secondary N) is 6. The van der Waals surface area contributed by atoms with Gasteiger partial charge in [0.15, 0.2) is 0 Å². The molecule has 8 heteroatoms. The van der Waals surface area contributed by atoms with Crippen molar-refractivity contribution in [1.29, 1.82) is 0 Å². The van der Waals surface area contributed by atoms with Gasteiger partial charge in [-0.15, -0.1) is 0 Å². The molecule has 2 aliphatic heterocycles. The molecule has 268 valence electrons. The summed E-state index contributed by atoms with van der Waals surface area (Å²) in [6.45, 7) is 19.0. The Kier molecular flexibility index (Phi) is 17.6. The summed E-state index contributed by atoms with van der Waals surface area (Å²) in [7, 11) is 0. The fraction of sp³-hybridized carbons (Fsp3) is 0.561. The van der Waals surface area contributed by atoms with Gasteiger partial charge in [0.05, 0.1) is 0 Å². The van der Waals surface area contributed by atoms with Crippen LogP contribution in [0.4, 0.5) is 0 Å². The Morgan fingerprint density at radius 2 is 0.796 bits per heavy atom. The largest absolute Gasteiger partial charge is 0.315 e. The minimum Gasteiger partial charge on any atom is -0.315 e. The van der Waals surface area contributed by atoms with Crippen molar-refractivity contribution in [1.82, 2.24) is 41.7 Å². The predicted octanol–water partition coefficient (Wildman–Crippen LogP) is 3.60. The zero-order valence-electron chi connectivity index (χ0n) is 30.0. The molecule has 2 heterocycles. The molecule has 49 heavy (non-hydrogen) atoms. The van der Waals surface area contributed by atoms with E-state index in [4.69, 9.17) is 0 Å². The molecule has 2 aliphatic rings. The van der Waals surface area contributed by atoms with E-state index in [1.165, 1.54) is 53.5 Å². The molecule has 3 aromatic rings. The first-order valence-corrected chi connectivity index (χ1v) is 19.3. The molecule has 0 spiro atoms. The first-order valence-electron chi connectivity index (χ1n) is 19.3. The molecule has 0 unspecified atom stereocenters. The first-order chi connectivity index (χ1) is 24.3. The summed E-state index contributed by atoms with van der Waals surface area (Å²) in [5.74, 6) is 0.193. The van der Waals surface area contributed by atoms with Crippen molar-refractivity contribution in [2.24, 2.45) is 0 Å². The molecule has 0 aliphatic carbocycles. The van der Waals surface area contributed by atoms with Gasteiger partial charge >= 0.3 is 0 Å². The summed E-state index contributed by atoms with van der Waals surface area (Å²) in [6.07, 6.45) is 4.68. The third kappa shape index (κ3) is 14.2. The summed E-state index contributed by atoms with van der Waals surface area (Å²) >= 11 is 0. The highest BCUT2D eigenvalue weighted by Gasteiger charge is 2.19. The Hall–Kier alpha value is -2.66. The lowest BCUT2D eigenvalue weighted by Crippen LogP contribution is -2.36. The van der Waals surface area contributed by atoms with Crippen LogP contribution in [0.5, 0.6) is 0 Å². The summed E-state index contributed by atoms with van der Waals surface area (Å²) in [5.41, 5.74) is 6.89. The second-order valence-electron chi connectivity index (χ2n) is 13.8. The molecule has 2 fully saturated rings. The summed E-state index contributed by atoms with van der Waals surface area (Å²) in [5, 5.41) is 21.7. The van der Waals surface area contributed by atoms with Crippen molar-refractivity contribution in [3.05, 3.63) is 107 Å². The zero-order chi connectivity index (χ0) is 33.6. The standard InChI is InChI=1S/C41H64N8/c1-2-12-38(13-3-1)41(39-14-4-10-36(32-39)34-48-28-8-20-44-24-22-42-16-6-18-46-26-30-48)40-15-5-11-37(33-40)35-49-29-9-21-45-25-23-43-17-7-19-47-27-31-49/h1-5,10-15,32-33,41-47H,6-9,16-31,34-35H2. The van der Waals surface area contributed by atoms with Crippen LogP contribution in [-0.2, 0) is 13.1 Å². The molecule has 0 atom stereocenters. The van der Waals surface area contributed by atoms with E-state index in [0.717, 1.165) is 118 Å². The average Bonchev–Trinajstić information content (AvgIpc) is 3.12. The molecule has 0 saturated carbocycles. The molecule has 0 aromatic heterocycles. The van der Waals surface area contributed by atoms with Crippen molar-refractivity contribution in [3.63, 3.8) is 0 Å². The Bertz CT molecular complexity index is 1180. The summed E-state index contributed by atoms with van der Waals surface area (Å²) < 4.78 is 0. The van der Waals surface area contributed by atoms with E-state index in [2.05, 4.69) is 121 Å². The van der Waals surface area contributed by atoms with Crippen LogP contribution in [0.1, 0.15) is 59.4 Å². The highest BCUT2D eigenvalue weighted by molar-refractivity contribution is 5.45. The van der Waals surface area contributed by atoms with Crippen LogP contribution in [0, 0.1) is 0 Å². The quantitative estimate of drug-likeness (QED) is 0.214. The van der Waals surface area contributed by atoms with Gasteiger partial charge in [0.2, 0.25) is 0 Å². The molecule has 6 N–H and O–H groups in total. The molecular formula is C41H64N8. The Morgan fingerprint density at radius 3 is 1.27 bits per heavy atom. The van der Waals surface area contributed by atoms with Crippen LogP contribution in [0.3, 0.4) is 0 Å². The lowest BCUT2D eigenvalue weighted by atomic mass is 9.84. The lowest BCUT2D eigenvalue weighted by molar-refractivity contribution is 0.260. The summed E-state index contributed by atoms with van der Waals surface area (Å²) in [4.78, 5) is 5.27. The van der Waals surface area contributed by atoms with E-state index >= 15 is 0 Å². The van der Waals surface area contributed by atoms with Crippen molar-refractivity contribution >= 4 is 0 Å². The molecule has 0 radical (unpaired) electrons. The normalized spacial score (nSPS) is 19.9. The van der Waals surface area contributed by atoms with Crippen LogP contribution in [-0.4, -0.2) is 115 Å². The molecule has 8 nitrogen and oxygen atoms in total. The molecule has 0 amide bonds. The maximum absolute atomic E-state index is 3.67. The van der Waals surface area contributed by atoms with E-state index < -0.39 is 0 Å². The third-order valence-corrected chi connectivity index (χ3v) is 9.75. The fourth-order valence-electron chi connectivity index (χ4n) is 7.13. The first kappa shape index (κ1) is 37.6. The fourth-order valence-corrected chi connectivity index (χ4v) is 7.13. The van der Waals surface area contributed by atoms with Gasteiger partial charge in [-0.2, -0.15) is 0 Å². The van der Waals surface area contributed by atoms with Crippen LogP contribution < -0.4 is 31.9 Å². The number of hydrogen-bond acceptors (Lipinski definition) is 8. The number of nitrogens with zero attached hydrogens (tertiary/aromatic N) is 2. The number of hydrogen-bond donors (Lipinski definition) is 6. The molecule has 2 saturated heterocycles. The highest BCUT2D eigenvalue weighted by atomic mass is 15.1. The van der Waals surface area contributed by atoms with Gasteiger partial charge in [-0.1, -0.05) is 78.9 Å². The lowest BCUT2D eigenvalue weighted by Gasteiger charge is -2.26. The maximum atomic E-state index is 3.67. The second-order valence-corrected chi connectivity index (χ2v) is 13.8. The van der Waals surface area contributed by atoms with E-state index in [9.17, 15) is 0 Å². The monoisotopic (exact) mass is 669 g/mol. The van der Waals surface area contributed by atoms with E-state index in [0.29, 0.717) is 0 Å². The van der Waals surface area contributed by atoms with Gasteiger partial charge in [-0.3, -0.25) is 9.80 Å². The molecule has 5 rings (SSSR count). The smallest absolute Gasteiger partial charge is 0.0340 e. The molecule has 3 aromatic carbocycles. The van der Waals surface area contributed by atoms with E-state index in [1.54, 1.807) is 0 Å². The number of rotatable bonds is 7. The Morgan fingerprint density at radius 1 is 0.388 bits per heavy atom. The predicted molar refractivity (Wildman–Crippen MR) is 207 cm³/mol. The molecular weight excluding hydrogens is 605 g/mol. The topological polar surface area (TPSA) is 78.7 Å². The Labute approximate surface area is 297 Å². The van der Waals surface area contributed by atoms with Gasteiger partial charge in [-0.05, 0) is 106 Å². The highest BCUT2D eigenvalue weighted by Crippen LogP contribution is 2.33.